The molecule has 1 aromatic carbocycles. The topological polar surface area (TPSA) is 88.1 Å². The molecule has 0 spiro atoms. The average Bonchev–Trinajstić information content (AvgIpc) is 2.61. The normalized spacial score (nSPS) is 21.8. The fourth-order valence-corrected chi connectivity index (χ4v) is 2.73. The lowest BCUT2D eigenvalue weighted by molar-refractivity contribution is -0.131. The summed E-state index contributed by atoms with van der Waals surface area (Å²) in [6.45, 7) is 6.20. The van der Waals surface area contributed by atoms with E-state index in [-0.39, 0.29) is 11.9 Å². The maximum atomic E-state index is 12.6. The Hall–Kier alpha value is -2.24. The van der Waals surface area contributed by atoms with Crippen molar-refractivity contribution in [1.29, 1.82) is 0 Å². The van der Waals surface area contributed by atoms with Gasteiger partial charge < -0.3 is 5.73 Å². The number of carbonyl (C=O) groups excluding carboxylic acids is 1. The monoisotopic (exact) mass is 288 g/mol. The van der Waals surface area contributed by atoms with Crippen LogP contribution in [0, 0.1) is 10.8 Å². The van der Waals surface area contributed by atoms with Crippen LogP contribution in [0.25, 0.3) is 0 Å². The number of rotatable bonds is 5. The molecule has 1 aliphatic rings. The highest BCUT2D eigenvalue weighted by atomic mass is 16.3. The largest absolute Gasteiger partial charge is 0.369 e. The van der Waals surface area contributed by atoms with Crippen molar-refractivity contribution in [1.82, 2.24) is 4.90 Å². The van der Waals surface area contributed by atoms with E-state index in [2.05, 4.69) is 10.2 Å². The Labute approximate surface area is 124 Å². The van der Waals surface area contributed by atoms with E-state index in [0.717, 1.165) is 5.56 Å². The third kappa shape index (κ3) is 3.09. The van der Waals surface area contributed by atoms with Gasteiger partial charge in [-0.1, -0.05) is 26.0 Å². The van der Waals surface area contributed by atoms with Crippen molar-refractivity contribution in [3.05, 3.63) is 34.7 Å². The third-order valence-corrected chi connectivity index (χ3v) is 3.51. The van der Waals surface area contributed by atoms with E-state index in [1.54, 1.807) is 18.2 Å². The van der Waals surface area contributed by atoms with Crippen LogP contribution in [-0.2, 0) is 11.3 Å². The van der Waals surface area contributed by atoms with Gasteiger partial charge in [0.25, 0.3) is 5.91 Å². The fraction of sp³-hybridized carbons (Fsp3) is 0.467. The smallest absolute Gasteiger partial charge is 0.257 e. The lowest BCUT2D eigenvalue weighted by Gasteiger charge is -2.23. The van der Waals surface area contributed by atoms with E-state index in [1.807, 2.05) is 26.8 Å². The predicted octanol–water partition coefficient (Wildman–Crippen LogP) is 2.55. The molecule has 6 heteroatoms. The molecule has 0 fully saturated rings. The highest BCUT2D eigenvalue weighted by molar-refractivity contribution is 6.06. The number of nitrogens with two attached hydrogens (primary N) is 1. The van der Waals surface area contributed by atoms with E-state index in [4.69, 9.17) is 5.73 Å². The van der Waals surface area contributed by atoms with Crippen LogP contribution in [0.15, 0.2) is 34.4 Å². The van der Waals surface area contributed by atoms with Crippen LogP contribution in [-0.4, -0.2) is 22.3 Å². The number of guanidine groups is 1. The van der Waals surface area contributed by atoms with Crippen molar-refractivity contribution in [2.75, 3.05) is 0 Å². The summed E-state index contributed by atoms with van der Waals surface area (Å²) in [5.41, 5.74) is 6.25. The van der Waals surface area contributed by atoms with E-state index < -0.39 is 5.54 Å². The molecule has 112 valence electrons. The fourth-order valence-electron chi connectivity index (χ4n) is 2.73. The quantitative estimate of drug-likeness (QED) is 0.844. The SMILES string of the molecule is CC(C)CC1(C)N=C(N)N(Cc2cccc(N=O)c2)C1=O. The Kier molecular flexibility index (Phi) is 4.06. The first-order chi connectivity index (χ1) is 9.85. The molecule has 1 aliphatic heterocycles. The first-order valence-electron chi connectivity index (χ1n) is 6.95. The third-order valence-electron chi connectivity index (χ3n) is 3.51. The van der Waals surface area contributed by atoms with E-state index in [1.165, 1.54) is 4.90 Å². The molecular weight excluding hydrogens is 268 g/mol. The predicted molar refractivity (Wildman–Crippen MR) is 81.9 cm³/mol. The van der Waals surface area contributed by atoms with Gasteiger partial charge in [-0.25, -0.2) is 4.99 Å². The summed E-state index contributed by atoms with van der Waals surface area (Å²) in [5.74, 6) is 0.476. The van der Waals surface area contributed by atoms with Gasteiger partial charge in [-0.3, -0.25) is 9.69 Å². The molecule has 1 heterocycles. The number of aliphatic imine (C=N–C) groups is 1. The molecule has 1 amide bonds. The number of hydrogen-bond donors (Lipinski definition) is 1. The zero-order valence-corrected chi connectivity index (χ0v) is 12.5. The summed E-state index contributed by atoms with van der Waals surface area (Å²) in [6, 6.07) is 6.81. The molecule has 0 aromatic heterocycles. The standard InChI is InChI=1S/C15H20N4O2/c1-10(2)8-15(3)13(20)19(14(16)17-15)9-11-5-4-6-12(7-11)18-21/h4-7,10H,8-9H2,1-3H3,(H2,16,17). The summed E-state index contributed by atoms with van der Waals surface area (Å²) < 4.78 is 0. The number of amides is 1. The van der Waals surface area contributed by atoms with Gasteiger partial charge in [-0.15, -0.1) is 4.91 Å². The van der Waals surface area contributed by atoms with E-state index in [9.17, 15) is 9.70 Å². The second-order valence-corrected chi connectivity index (χ2v) is 5.99. The van der Waals surface area contributed by atoms with Gasteiger partial charge in [0.1, 0.15) is 11.2 Å². The summed E-state index contributed by atoms with van der Waals surface area (Å²) >= 11 is 0. The van der Waals surface area contributed by atoms with Gasteiger partial charge in [0.2, 0.25) is 0 Å². The lowest BCUT2D eigenvalue weighted by Crippen LogP contribution is -2.42. The maximum Gasteiger partial charge on any atom is 0.257 e. The highest BCUT2D eigenvalue weighted by Gasteiger charge is 2.43. The Balaban J connectivity index is 2.20. The van der Waals surface area contributed by atoms with Gasteiger partial charge in [0.05, 0.1) is 6.54 Å². The molecule has 2 N–H and O–H groups in total. The molecule has 0 radical (unpaired) electrons. The van der Waals surface area contributed by atoms with Crippen LogP contribution in [0.3, 0.4) is 0 Å². The van der Waals surface area contributed by atoms with Crippen LogP contribution >= 0.6 is 0 Å². The Bertz CT molecular complexity index is 597. The second-order valence-electron chi connectivity index (χ2n) is 5.99. The molecular formula is C15H20N4O2. The maximum absolute atomic E-state index is 12.6. The first kappa shape index (κ1) is 15.2. The average molecular weight is 288 g/mol. The molecule has 0 saturated heterocycles. The minimum atomic E-state index is -0.793. The van der Waals surface area contributed by atoms with Gasteiger partial charge >= 0.3 is 0 Å². The summed E-state index contributed by atoms with van der Waals surface area (Å²) in [4.78, 5) is 29.0. The van der Waals surface area contributed by atoms with Crippen LogP contribution < -0.4 is 5.73 Å². The number of benzene rings is 1. The van der Waals surface area contributed by atoms with Crippen molar-refractivity contribution in [3.63, 3.8) is 0 Å². The molecule has 6 nitrogen and oxygen atoms in total. The molecule has 0 saturated carbocycles. The van der Waals surface area contributed by atoms with Crippen molar-refractivity contribution in [3.8, 4) is 0 Å². The molecule has 2 rings (SSSR count). The number of nitrogens with zero attached hydrogens (tertiary/aromatic N) is 3. The minimum absolute atomic E-state index is 0.0989. The molecule has 1 atom stereocenters. The Morgan fingerprint density at radius 3 is 2.76 bits per heavy atom. The molecule has 1 aromatic rings. The van der Waals surface area contributed by atoms with Crippen LogP contribution in [0.5, 0.6) is 0 Å². The summed E-state index contributed by atoms with van der Waals surface area (Å²) in [6.07, 6.45) is 0.652. The zero-order chi connectivity index (χ0) is 15.6. The second kappa shape index (κ2) is 5.63. The number of carbonyl (C=O) groups is 1. The van der Waals surface area contributed by atoms with Crippen LogP contribution in [0.4, 0.5) is 5.69 Å². The highest BCUT2D eigenvalue weighted by Crippen LogP contribution is 2.29. The lowest BCUT2D eigenvalue weighted by atomic mass is 9.91. The summed E-state index contributed by atoms with van der Waals surface area (Å²) in [5, 5.41) is 2.90. The van der Waals surface area contributed by atoms with Crippen molar-refractivity contribution < 1.29 is 4.79 Å². The van der Waals surface area contributed by atoms with Gasteiger partial charge in [-0.2, -0.15) is 0 Å². The van der Waals surface area contributed by atoms with Crippen molar-refractivity contribution >= 4 is 17.6 Å². The molecule has 1 unspecified atom stereocenters. The molecule has 0 aliphatic carbocycles. The molecule has 0 bridgehead atoms. The number of nitroso groups, excluding NO2 is 1. The van der Waals surface area contributed by atoms with Gasteiger partial charge in [-0.05, 0) is 42.1 Å². The van der Waals surface area contributed by atoms with Crippen molar-refractivity contribution in [2.24, 2.45) is 21.8 Å². The minimum Gasteiger partial charge on any atom is -0.369 e. The van der Waals surface area contributed by atoms with Crippen molar-refractivity contribution in [2.45, 2.75) is 39.3 Å². The van der Waals surface area contributed by atoms with Gasteiger partial charge in [0.15, 0.2) is 5.96 Å². The van der Waals surface area contributed by atoms with E-state index in [0.29, 0.717) is 24.6 Å². The van der Waals surface area contributed by atoms with E-state index >= 15 is 0 Å². The zero-order valence-electron chi connectivity index (χ0n) is 12.5. The Morgan fingerprint density at radius 2 is 2.14 bits per heavy atom. The van der Waals surface area contributed by atoms with Crippen LogP contribution in [0.2, 0.25) is 0 Å². The van der Waals surface area contributed by atoms with Crippen LogP contribution in [0.1, 0.15) is 32.8 Å². The first-order valence-corrected chi connectivity index (χ1v) is 6.95. The summed E-state index contributed by atoms with van der Waals surface area (Å²) in [7, 11) is 0. The molecule has 21 heavy (non-hydrogen) atoms. The Morgan fingerprint density at radius 1 is 1.43 bits per heavy atom. The van der Waals surface area contributed by atoms with Gasteiger partial charge in [0, 0.05) is 0 Å². The number of hydrogen-bond acceptors (Lipinski definition) is 5.